The highest BCUT2D eigenvalue weighted by atomic mass is 15.3. The van der Waals surface area contributed by atoms with Crippen LogP contribution in [0.3, 0.4) is 0 Å². The molecule has 0 N–H and O–H groups in total. The average Bonchev–Trinajstić information content (AvgIpc) is 2.76. The Bertz CT molecular complexity index is 213. The summed E-state index contributed by atoms with van der Waals surface area (Å²) in [5.74, 6) is 0. The molecule has 1 heterocycles. The molecule has 0 aromatic heterocycles. The Balaban J connectivity index is 1.91. The van der Waals surface area contributed by atoms with Gasteiger partial charge in [0.05, 0.1) is 0 Å². The third-order valence-electron chi connectivity index (χ3n) is 3.60. The molecule has 0 atom stereocenters. The molecule has 1 saturated carbocycles. The molecule has 1 saturated heterocycles. The lowest BCUT2D eigenvalue weighted by atomic mass is 9.95. The van der Waals surface area contributed by atoms with Gasteiger partial charge in [-0.15, -0.1) is 0 Å². The molecule has 2 fully saturated rings. The van der Waals surface area contributed by atoms with E-state index in [0.717, 1.165) is 0 Å². The molecule has 1 aliphatic carbocycles. The molecule has 0 bridgehead atoms. The smallest absolute Gasteiger partial charge is 0.0335 e. The molecule has 2 nitrogen and oxygen atoms in total. The number of rotatable bonds is 1. The molecule has 0 unspecified atom stereocenters. The van der Waals surface area contributed by atoms with Crippen molar-refractivity contribution in [1.82, 2.24) is 9.80 Å². The van der Waals surface area contributed by atoms with Gasteiger partial charge in [0.15, 0.2) is 0 Å². The van der Waals surface area contributed by atoms with E-state index in [4.69, 9.17) is 0 Å². The summed E-state index contributed by atoms with van der Waals surface area (Å²) in [7, 11) is 2.29. The van der Waals surface area contributed by atoms with E-state index in [2.05, 4.69) is 37.6 Å². The number of piperazine rings is 1. The van der Waals surface area contributed by atoms with Gasteiger partial charge < -0.3 is 0 Å². The maximum atomic E-state index is 2.66. The van der Waals surface area contributed by atoms with Crippen LogP contribution in [0.2, 0.25) is 0 Å². The van der Waals surface area contributed by atoms with Gasteiger partial charge in [-0.05, 0) is 25.3 Å². The molecule has 0 aromatic carbocycles. The molecular weight excluding hydrogens is 172 g/mol. The first-order chi connectivity index (χ1) is 6.41. The highest BCUT2D eigenvalue weighted by molar-refractivity contribution is 5.07. The summed E-state index contributed by atoms with van der Waals surface area (Å²) in [6.45, 7) is 12.1. The van der Waals surface area contributed by atoms with Crippen LogP contribution >= 0.6 is 0 Å². The van der Waals surface area contributed by atoms with E-state index in [-0.39, 0.29) is 0 Å². The minimum absolute atomic E-state index is 0.450. The van der Waals surface area contributed by atoms with Crippen LogP contribution in [0.4, 0.5) is 0 Å². The molecule has 2 heteroatoms. The van der Waals surface area contributed by atoms with Crippen molar-refractivity contribution in [2.75, 3.05) is 33.2 Å². The van der Waals surface area contributed by atoms with Gasteiger partial charge in [-0.1, -0.05) is 20.8 Å². The summed E-state index contributed by atoms with van der Waals surface area (Å²) >= 11 is 0. The predicted molar refractivity (Wildman–Crippen MR) is 60.5 cm³/mol. The summed E-state index contributed by atoms with van der Waals surface area (Å²) in [6.07, 6.45) is 2.84. The standard InChI is InChI=1S/C12H24N2/c1-11(2,3)9-14-8-7-13(4)12(10-14)5-6-12/h5-10H2,1-4H3. The first-order valence-corrected chi connectivity index (χ1v) is 5.85. The second-order valence-corrected chi connectivity index (χ2v) is 6.42. The fourth-order valence-corrected chi connectivity index (χ4v) is 2.63. The Morgan fingerprint density at radius 3 is 2.29 bits per heavy atom. The normalized spacial score (nSPS) is 28.3. The molecule has 1 aliphatic heterocycles. The van der Waals surface area contributed by atoms with Gasteiger partial charge in [-0.2, -0.15) is 0 Å². The molecule has 2 rings (SSSR count). The van der Waals surface area contributed by atoms with Gasteiger partial charge in [-0.25, -0.2) is 0 Å². The Kier molecular flexibility index (Phi) is 2.39. The molecule has 14 heavy (non-hydrogen) atoms. The van der Waals surface area contributed by atoms with Crippen molar-refractivity contribution in [1.29, 1.82) is 0 Å². The Morgan fingerprint density at radius 2 is 1.79 bits per heavy atom. The quantitative estimate of drug-likeness (QED) is 0.631. The minimum Gasteiger partial charge on any atom is -0.300 e. The first kappa shape index (κ1) is 10.4. The van der Waals surface area contributed by atoms with E-state index in [0.29, 0.717) is 11.0 Å². The first-order valence-electron chi connectivity index (χ1n) is 5.85. The third kappa shape index (κ3) is 2.12. The van der Waals surface area contributed by atoms with Crippen molar-refractivity contribution in [3.05, 3.63) is 0 Å². The predicted octanol–water partition coefficient (Wildman–Crippen LogP) is 1.81. The molecule has 0 radical (unpaired) electrons. The van der Waals surface area contributed by atoms with Crippen molar-refractivity contribution in [2.45, 2.75) is 39.2 Å². The van der Waals surface area contributed by atoms with Crippen LogP contribution < -0.4 is 0 Å². The maximum absolute atomic E-state index is 2.66. The zero-order chi connectivity index (χ0) is 10.4. The zero-order valence-electron chi connectivity index (χ0n) is 10.1. The fraction of sp³-hybridized carbons (Fsp3) is 1.00. The summed E-state index contributed by atoms with van der Waals surface area (Å²) < 4.78 is 0. The highest BCUT2D eigenvalue weighted by Crippen LogP contribution is 2.43. The lowest BCUT2D eigenvalue weighted by Crippen LogP contribution is -2.54. The number of hydrogen-bond acceptors (Lipinski definition) is 2. The van der Waals surface area contributed by atoms with Gasteiger partial charge in [0.1, 0.15) is 0 Å². The van der Waals surface area contributed by atoms with E-state index in [1.165, 1.54) is 39.0 Å². The SMILES string of the molecule is CN1CCN(CC(C)(C)C)CC12CC2. The van der Waals surface area contributed by atoms with E-state index in [1.807, 2.05) is 0 Å². The van der Waals surface area contributed by atoms with Crippen molar-refractivity contribution < 1.29 is 0 Å². The summed E-state index contributed by atoms with van der Waals surface area (Å²) in [6, 6.07) is 0. The molecule has 2 aliphatic rings. The van der Waals surface area contributed by atoms with Crippen molar-refractivity contribution in [3.63, 3.8) is 0 Å². The maximum Gasteiger partial charge on any atom is 0.0335 e. The summed E-state index contributed by atoms with van der Waals surface area (Å²) in [5, 5.41) is 0. The highest BCUT2D eigenvalue weighted by Gasteiger charge is 2.49. The summed E-state index contributed by atoms with van der Waals surface area (Å²) in [5.41, 5.74) is 1.04. The minimum atomic E-state index is 0.450. The van der Waals surface area contributed by atoms with Crippen LogP contribution in [0.15, 0.2) is 0 Å². The van der Waals surface area contributed by atoms with Crippen molar-refractivity contribution in [3.8, 4) is 0 Å². The van der Waals surface area contributed by atoms with Gasteiger partial charge in [0.2, 0.25) is 0 Å². The Morgan fingerprint density at radius 1 is 1.14 bits per heavy atom. The van der Waals surface area contributed by atoms with E-state index >= 15 is 0 Å². The lowest BCUT2D eigenvalue weighted by Gasteiger charge is -2.42. The van der Waals surface area contributed by atoms with Crippen LogP contribution in [0.5, 0.6) is 0 Å². The molecule has 0 aromatic rings. The average molecular weight is 196 g/mol. The van der Waals surface area contributed by atoms with Crippen LogP contribution in [0.25, 0.3) is 0 Å². The van der Waals surface area contributed by atoms with Crippen LogP contribution in [0.1, 0.15) is 33.6 Å². The van der Waals surface area contributed by atoms with Crippen LogP contribution in [-0.2, 0) is 0 Å². The number of hydrogen-bond donors (Lipinski definition) is 0. The monoisotopic (exact) mass is 196 g/mol. The molecule has 0 amide bonds. The zero-order valence-corrected chi connectivity index (χ0v) is 10.1. The van der Waals surface area contributed by atoms with Crippen LogP contribution in [0, 0.1) is 5.41 Å². The lowest BCUT2D eigenvalue weighted by molar-refractivity contribution is 0.0590. The van der Waals surface area contributed by atoms with Gasteiger partial charge in [0, 0.05) is 31.7 Å². The van der Waals surface area contributed by atoms with E-state index < -0.39 is 0 Å². The van der Waals surface area contributed by atoms with E-state index in [9.17, 15) is 0 Å². The van der Waals surface area contributed by atoms with Crippen molar-refractivity contribution >= 4 is 0 Å². The molecule has 82 valence electrons. The van der Waals surface area contributed by atoms with Gasteiger partial charge >= 0.3 is 0 Å². The topological polar surface area (TPSA) is 6.48 Å². The van der Waals surface area contributed by atoms with Gasteiger partial charge in [-0.3, -0.25) is 9.80 Å². The Labute approximate surface area is 88.3 Å². The van der Waals surface area contributed by atoms with Gasteiger partial charge in [0.25, 0.3) is 0 Å². The largest absolute Gasteiger partial charge is 0.300 e. The van der Waals surface area contributed by atoms with E-state index in [1.54, 1.807) is 0 Å². The van der Waals surface area contributed by atoms with Crippen molar-refractivity contribution in [2.24, 2.45) is 5.41 Å². The molecular formula is C12H24N2. The third-order valence-corrected chi connectivity index (χ3v) is 3.60. The summed E-state index contributed by atoms with van der Waals surface area (Å²) in [4.78, 5) is 5.24. The molecule has 1 spiro atoms. The second kappa shape index (κ2) is 3.21. The van der Waals surface area contributed by atoms with Crippen LogP contribution in [-0.4, -0.2) is 48.6 Å². The fourth-order valence-electron chi connectivity index (χ4n) is 2.63. The number of likely N-dealkylation sites (N-methyl/N-ethyl adjacent to an activating group) is 1. The second-order valence-electron chi connectivity index (χ2n) is 6.42. The Hall–Kier alpha value is -0.0800. The number of nitrogens with zero attached hydrogens (tertiary/aromatic N) is 2.